The van der Waals surface area contributed by atoms with Crippen LogP contribution >= 0.6 is 47.0 Å². The smallest absolute Gasteiger partial charge is 0.159 e. The summed E-state index contributed by atoms with van der Waals surface area (Å²) in [6.45, 7) is 2.73. The Morgan fingerprint density at radius 2 is 1.32 bits per heavy atom. The van der Waals surface area contributed by atoms with E-state index in [2.05, 4.69) is 24.3 Å². The van der Waals surface area contributed by atoms with Gasteiger partial charge in [0.2, 0.25) is 0 Å². The SMILES string of the molecule is CCO[C@H](CO)C(COC1Sc2ccccc2S1)OC1Sc2ccccc2S1. The van der Waals surface area contributed by atoms with Gasteiger partial charge in [-0.2, -0.15) is 0 Å². The quantitative estimate of drug-likeness (QED) is 0.558. The van der Waals surface area contributed by atoms with E-state index in [0.29, 0.717) is 13.2 Å². The molecule has 0 amide bonds. The van der Waals surface area contributed by atoms with E-state index in [0.717, 1.165) is 0 Å². The molecule has 1 unspecified atom stereocenters. The van der Waals surface area contributed by atoms with Crippen LogP contribution in [0.2, 0.25) is 0 Å². The summed E-state index contributed by atoms with van der Waals surface area (Å²) in [6, 6.07) is 16.6. The molecule has 2 aromatic carbocycles. The number of thioether (sulfide) groups is 4. The first-order valence-electron chi connectivity index (χ1n) is 9.11. The Morgan fingerprint density at radius 3 is 1.79 bits per heavy atom. The number of aliphatic hydroxyl groups is 1. The molecule has 28 heavy (non-hydrogen) atoms. The van der Waals surface area contributed by atoms with Crippen molar-refractivity contribution in [3.05, 3.63) is 48.5 Å². The molecule has 2 aliphatic rings. The molecule has 0 aliphatic carbocycles. The number of hydrogen-bond acceptors (Lipinski definition) is 8. The highest BCUT2D eigenvalue weighted by Gasteiger charge is 2.32. The van der Waals surface area contributed by atoms with E-state index < -0.39 is 6.10 Å². The third-order valence-corrected chi connectivity index (χ3v) is 9.37. The maximum Gasteiger partial charge on any atom is 0.159 e. The lowest BCUT2D eigenvalue weighted by molar-refractivity contribution is -0.109. The van der Waals surface area contributed by atoms with Crippen LogP contribution in [0.1, 0.15) is 6.92 Å². The molecule has 0 aromatic heterocycles. The minimum absolute atomic E-state index is 0.00875. The third-order valence-electron chi connectivity index (χ3n) is 4.25. The molecule has 4 nitrogen and oxygen atoms in total. The zero-order valence-corrected chi connectivity index (χ0v) is 18.6. The van der Waals surface area contributed by atoms with E-state index in [1.165, 1.54) is 19.6 Å². The van der Waals surface area contributed by atoms with E-state index in [4.69, 9.17) is 14.2 Å². The Bertz CT molecular complexity index is 740. The number of ether oxygens (including phenoxy) is 3. The fourth-order valence-corrected chi connectivity index (χ4v) is 8.01. The van der Waals surface area contributed by atoms with Crippen LogP contribution in [-0.4, -0.2) is 46.7 Å². The van der Waals surface area contributed by atoms with Gasteiger partial charge in [0.05, 0.1) is 13.2 Å². The van der Waals surface area contributed by atoms with Crippen molar-refractivity contribution in [3.8, 4) is 0 Å². The first-order chi connectivity index (χ1) is 13.8. The summed E-state index contributed by atoms with van der Waals surface area (Å²) in [6.07, 6.45) is -0.747. The van der Waals surface area contributed by atoms with Gasteiger partial charge >= 0.3 is 0 Å². The zero-order chi connectivity index (χ0) is 19.3. The molecule has 2 aromatic rings. The predicted octanol–water partition coefficient (Wildman–Crippen LogP) is 5.15. The molecule has 0 saturated carbocycles. The van der Waals surface area contributed by atoms with E-state index in [9.17, 15) is 5.11 Å². The summed E-state index contributed by atoms with van der Waals surface area (Å²) in [5.74, 6) is 0. The van der Waals surface area contributed by atoms with Gasteiger partial charge in [-0.25, -0.2) is 0 Å². The molecule has 0 spiro atoms. The van der Waals surface area contributed by atoms with Crippen LogP contribution in [0.5, 0.6) is 0 Å². The van der Waals surface area contributed by atoms with E-state index in [1.807, 2.05) is 31.2 Å². The average Bonchev–Trinajstić information content (AvgIpc) is 3.32. The maximum absolute atomic E-state index is 9.82. The highest BCUT2D eigenvalue weighted by Crippen LogP contribution is 2.50. The number of fused-ring (bicyclic) bond motifs is 2. The number of hydrogen-bond donors (Lipinski definition) is 1. The Balaban J connectivity index is 1.37. The molecule has 0 fully saturated rings. The highest BCUT2D eigenvalue weighted by molar-refractivity contribution is 8.19. The molecule has 150 valence electrons. The monoisotopic (exact) mass is 454 g/mol. The summed E-state index contributed by atoms with van der Waals surface area (Å²) >= 11 is 6.82. The second-order valence-corrected chi connectivity index (χ2v) is 11.1. The molecular formula is C20H22O4S4. The van der Waals surface area contributed by atoms with E-state index >= 15 is 0 Å². The van der Waals surface area contributed by atoms with Crippen LogP contribution in [0.3, 0.4) is 0 Å². The Kier molecular flexibility index (Phi) is 7.57. The molecular weight excluding hydrogens is 432 g/mol. The number of aliphatic hydroxyl groups excluding tert-OH is 1. The minimum atomic E-state index is -0.409. The lowest BCUT2D eigenvalue weighted by Crippen LogP contribution is -2.40. The fraction of sp³-hybridized carbons (Fsp3) is 0.400. The lowest BCUT2D eigenvalue weighted by Gasteiger charge is -2.28. The molecule has 4 rings (SSSR count). The van der Waals surface area contributed by atoms with E-state index in [-0.39, 0.29) is 22.2 Å². The highest BCUT2D eigenvalue weighted by atomic mass is 32.2. The van der Waals surface area contributed by atoms with Gasteiger partial charge in [0.25, 0.3) is 0 Å². The van der Waals surface area contributed by atoms with Gasteiger partial charge in [0, 0.05) is 26.2 Å². The predicted molar refractivity (Wildman–Crippen MR) is 117 cm³/mol. The first-order valence-corrected chi connectivity index (χ1v) is 12.6. The minimum Gasteiger partial charge on any atom is -0.394 e. The fourth-order valence-electron chi connectivity index (χ4n) is 2.92. The molecule has 2 aliphatic heterocycles. The zero-order valence-electron chi connectivity index (χ0n) is 15.4. The summed E-state index contributed by atoms with van der Waals surface area (Å²) < 4.78 is 18.1. The standard InChI is InChI=1S/C20H22O4S4/c1-2-22-13(11-21)14(24-20-27-17-9-5-6-10-18(17)28-20)12-23-19-25-15-7-3-4-8-16(15)26-19/h3-10,13-14,19-21H,2,11-12H2,1H3/t13-,14?/m1/s1. The normalized spacial score (nSPS) is 18.8. The van der Waals surface area contributed by atoms with Crippen molar-refractivity contribution in [1.82, 2.24) is 0 Å². The third kappa shape index (κ3) is 5.05. The number of rotatable bonds is 9. The van der Waals surface area contributed by atoms with Crippen molar-refractivity contribution >= 4 is 47.0 Å². The molecule has 0 saturated heterocycles. The lowest BCUT2D eigenvalue weighted by atomic mass is 10.2. The molecule has 2 atom stereocenters. The van der Waals surface area contributed by atoms with Crippen molar-refractivity contribution in [2.24, 2.45) is 0 Å². The van der Waals surface area contributed by atoms with Gasteiger partial charge < -0.3 is 19.3 Å². The molecule has 2 heterocycles. The molecule has 0 radical (unpaired) electrons. The van der Waals surface area contributed by atoms with Crippen molar-refractivity contribution in [3.63, 3.8) is 0 Å². The van der Waals surface area contributed by atoms with Gasteiger partial charge in [-0.1, -0.05) is 71.3 Å². The average molecular weight is 455 g/mol. The molecule has 0 bridgehead atoms. The van der Waals surface area contributed by atoms with Crippen molar-refractivity contribution in [1.29, 1.82) is 0 Å². The van der Waals surface area contributed by atoms with Gasteiger partial charge in [-0.3, -0.25) is 0 Å². The Labute approximate surface area is 182 Å². The molecule has 8 heteroatoms. The van der Waals surface area contributed by atoms with Crippen LogP contribution in [0.4, 0.5) is 0 Å². The van der Waals surface area contributed by atoms with Gasteiger partial charge in [0.15, 0.2) is 9.54 Å². The van der Waals surface area contributed by atoms with Crippen molar-refractivity contribution in [2.75, 3.05) is 19.8 Å². The van der Waals surface area contributed by atoms with Gasteiger partial charge in [-0.05, 0) is 31.2 Å². The second-order valence-electron chi connectivity index (χ2n) is 6.13. The molecule has 1 N–H and O–H groups in total. The Morgan fingerprint density at radius 1 is 0.821 bits per heavy atom. The summed E-state index contributed by atoms with van der Waals surface area (Å²) in [5.41, 5.74) is 0. The van der Waals surface area contributed by atoms with Crippen LogP contribution in [-0.2, 0) is 14.2 Å². The van der Waals surface area contributed by atoms with Crippen molar-refractivity contribution < 1.29 is 19.3 Å². The summed E-state index contributed by atoms with van der Waals surface area (Å²) in [7, 11) is 0. The van der Waals surface area contributed by atoms with Gasteiger partial charge in [-0.15, -0.1) is 0 Å². The number of benzene rings is 2. The van der Waals surface area contributed by atoms with Crippen LogP contribution in [0.15, 0.2) is 68.1 Å². The maximum atomic E-state index is 9.82. The summed E-state index contributed by atoms with van der Waals surface area (Å²) in [5, 5.41) is 9.82. The van der Waals surface area contributed by atoms with Crippen LogP contribution in [0.25, 0.3) is 0 Å². The van der Waals surface area contributed by atoms with Crippen LogP contribution in [0, 0.1) is 0 Å². The summed E-state index contributed by atoms with van der Waals surface area (Å²) in [4.78, 5) is 4.95. The topological polar surface area (TPSA) is 47.9 Å². The second kappa shape index (κ2) is 10.1. The van der Waals surface area contributed by atoms with Crippen LogP contribution < -0.4 is 0 Å². The van der Waals surface area contributed by atoms with Gasteiger partial charge in [0.1, 0.15) is 12.2 Å². The largest absolute Gasteiger partial charge is 0.394 e. The van der Waals surface area contributed by atoms with E-state index in [1.54, 1.807) is 47.0 Å². The first kappa shape index (κ1) is 20.9. The Hall–Kier alpha value is -0.320. The van der Waals surface area contributed by atoms with Crippen molar-refractivity contribution in [2.45, 2.75) is 48.2 Å².